The van der Waals surface area contributed by atoms with Crippen molar-refractivity contribution in [1.29, 1.82) is 0 Å². The van der Waals surface area contributed by atoms with Crippen LogP contribution in [0.4, 0.5) is 17.1 Å². The zero-order valence-corrected chi connectivity index (χ0v) is 15.0. The number of carbonyl (C=O) groups is 1. The number of benzene rings is 3. The van der Waals surface area contributed by atoms with Crippen molar-refractivity contribution in [3.8, 4) is 5.75 Å². The third-order valence-electron chi connectivity index (χ3n) is 4.22. The number of amides is 1. The number of hydrogen-bond donors (Lipinski definition) is 1. The van der Waals surface area contributed by atoms with Crippen LogP contribution in [0, 0.1) is 10.1 Å². The maximum Gasteiger partial charge on any atom is 0.271 e. The fraction of sp³-hybridized carbons (Fsp3) is 0.150. The number of nitro groups is 1. The van der Waals surface area contributed by atoms with Gasteiger partial charge in [-0.05, 0) is 29.0 Å². The average Bonchev–Trinajstić information content (AvgIpc) is 2.67. The second-order valence-electron chi connectivity index (χ2n) is 6.08. The fourth-order valence-electron chi connectivity index (χ4n) is 2.82. The number of carbonyl (C=O) groups excluding carboxylic acids is 1. The SMILES string of the molecule is COc1ccc([N+](=O)[O-])cc1NC(=O)CN(C)c1ccc2ccccc2c1. The lowest BCUT2D eigenvalue weighted by Crippen LogP contribution is -2.30. The van der Waals surface area contributed by atoms with Gasteiger partial charge in [-0.25, -0.2) is 0 Å². The molecule has 0 radical (unpaired) electrons. The first-order valence-electron chi connectivity index (χ1n) is 8.30. The lowest BCUT2D eigenvalue weighted by molar-refractivity contribution is -0.384. The Morgan fingerprint density at radius 1 is 1.11 bits per heavy atom. The van der Waals surface area contributed by atoms with Gasteiger partial charge >= 0.3 is 0 Å². The molecule has 3 rings (SSSR count). The Morgan fingerprint density at radius 3 is 2.56 bits per heavy atom. The van der Waals surface area contributed by atoms with Gasteiger partial charge in [0.05, 0.1) is 24.3 Å². The van der Waals surface area contributed by atoms with E-state index in [-0.39, 0.29) is 23.8 Å². The molecule has 0 spiro atoms. The summed E-state index contributed by atoms with van der Waals surface area (Å²) < 4.78 is 5.17. The van der Waals surface area contributed by atoms with E-state index in [1.54, 1.807) is 0 Å². The van der Waals surface area contributed by atoms with Gasteiger partial charge in [0.25, 0.3) is 5.69 Å². The summed E-state index contributed by atoms with van der Waals surface area (Å²) in [5.41, 5.74) is 1.05. The van der Waals surface area contributed by atoms with Crippen molar-refractivity contribution in [2.75, 3.05) is 30.9 Å². The van der Waals surface area contributed by atoms with Crippen molar-refractivity contribution < 1.29 is 14.5 Å². The second-order valence-corrected chi connectivity index (χ2v) is 6.08. The predicted molar refractivity (Wildman–Crippen MR) is 105 cm³/mol. The van der Waals surface area contributed by atoms with Crippen LogP contribution in [-0.2, 0) is 4.79 Å². The van der Waals surface area contributed by atoms with Crippen LogP contribution in [0.15, 0.2) is 60.7 Å². The molecule has 0 heterocycles. The van der Waals surface area contributed by atoms with Crippen LogP contribution in [0.2, 0.25) is 0 Å². The molecule has 0 aliphatic rings. The molecule has 138 valence electrons. The van der Waals surface area contributed by atoms with E-state index in [1.807, 2.05) is 54.4 Å². The highest BCUT2D eigenvalue weighted by atomic mass is 16.6. The predicted octanol–water partition coefficient (Wildman–Crippen LogP) is 3.83. The molecule has 1 amide bonds. The number of rotatable bonds is 6. The molecule has 3 aromatic rings. The summed E-state index contributed by atoms with van der Waals surface area (Å²) in [5, 5.41) is 15.8. The van der Waals surface area contributed by atoms with Crippen molar-refractivity contribution in [2.45, 2.75) is 0 Å². The molecule has 1 N–H and O–H groups in total. The summed E-state index contributed by atoms with van der Waals surface area (Å²) in [6.45, 7) is 0.0875. The van der Waals surface area contributed by atoms with Gasteiger partial charge in [0.1, 0.15) is 5.75 Å². The molecule has 27 heavy (non-hydrogen) atoms. The summed E-state index contributed by atoms with van der Waals surface area (Å²) in [5.74, 6) is 0.0618. The first kappa shape index (κ1) is 18.2. The number of fused-ring (bicyclic) bond motifs is 1. The van der Waals surface area contributed by atoms with E-state index in [2.05, 4.69) is 5.32 Å². The van der Waals surface area contributed by atoms with E-state index in [0.29, 0.717) is 5.75 Å². The molecule has 0 fully saturated rings. The monoisotopic (exact) mass is 365 g/mol. The quantitative estimate of drug-likeness (QED) is 0.530. The largest absolute Gasteiger partial charge is 0.495 e. The normalized spacial score (nSPS) is 10.4. The maximum atomic E-state index is 12.4. The first-order valence-corrected chi connectivity index (χ1v) is 8.30. The van der Waals surface area contributed by atoms with Gasteiger partial charge in [-0.3, -0.25) is 14.9 Å². The molecule has 0 saturated carbocycles. The molecular formula is C20H19N3O4. The zero-order chi connectivity index (χ0) is 19.4. The molecule has 0 atom stereocenters. The van der Waals surface area contributed by atoms with Crippen LogP contribution in [0.3, 0.4) is 0 Å². The molecule has 7 heteroatoms. The number of methoxy groups -OCH3 is 1. The number of nitrogens with zero attached hydrogens (tertiary/aromatic N) is 2. The molecule has 7 nitrogen and oxygen atoms in total. The Morgan fingerprint density at radius 2 is 1.85 bits per heavy atom. The third-order valence-corrected chi connectivity index (χ3v) is 4.22. The fourth-order valence-corrected chi connectivity index (χ4v) is 2.82. The minimum atomic E-state index is -0.518. The van der Waals surface area contributed by atoms with Crippen LogP contribution in [0.25, 0.3) is 10.8 Å². The molecule has 0 aromatic heterocycles. The van der Waals surface area contributed by atoms with Gasteiger partial charge in [0, 0.05) is 24.9 Å². The molecule has 0 aliphatic carbocycles. The molecule has 0 bridgehead atoms. The van der Waals surface area contributed by atoms with Crippen molar-refractivity contribution in [2.24, 2.45) is 0 Å². The van der Waals surface area contributed by atoms with Gasteiger partial charge in [0.2, 0.25) is 5.91 Å². The van der Waals surface area contributed by atoms with E-state index < -0.39 is 4.92 Å². The highest BCUT2D eigenvalue weighted by Gasteiger charge is 2.15. The Hall–Kier alpha value is -3.61. The van der Waals surface area contributed by atoms with Crippen LogP contribution >= 0.6 is 0 Å². The van der Waals surface area contributed by atoms with Crippen LogP contribution in [-0.4, -0.2) is 31.5 Å². The summed E-state index contributed by atoms with van der Waals surface area (Å²) in [7, 11) is 3.26. The number of nitrogens with one attached hydrogen (secondary N) is 1. The lowest BCUT2D eigenvalue weighted by atomic mass is 10.1. The van der Waals surface area contributed by atoms with Gasteiger partial charge < -0.3 is 15.0 Å². The Labute approximate surface area is 156 Å². The van der Waals surface area contributed by atoms with Gasteiger partial charge in [-0.1, -0.05) is 30.3 Å². The first-order chi connectivity index (χ1) is 13.0. The highest BCUT2D eigenvalue weighted by molar-refractivity contribution is 5.96. The molecule has 0 unspecified atom stereocenters. The van der Waals surface area contributed by atoms with Crippen molar-refractivity contribution in [1.82, 2.24) is 0 Å². The van der Waals surface area contributed by atoms with E-state index in [0.717, 1.165) is 16.5 Å². The van der Waals surface area contributed by atoms with E-state index in [4.69, 9.17) is 4.74 Å². The number of nitro benzene ring substituents is 1. The second kappa shape index (κ2) is 7.74. The average molecular weight is 365 g/mol. The van der Waals surface area contributed by atoms with E-state index in [9.17, 15) is 14.9 Å². The van der Waals surface area contributed by atoms with Crippen LogP contribution in [0.5, 0.6) is 5.75 Å². The summed E-state index contributed by atoms with van der Waals surface area (Å²) in [4.78, 5) is 24.7. The summed E-state index contributed by atoms with van der Waals surface area (Å²) in [6.07, 6.45) is 0. The maximum absolute atomic E-state index is 12.4. The summed E-state index contributed by atoms with van der Waals surface area (Å²) >= 11 is 0. The molecule has 0 aliphatic heterocycles. The smallest absolute Gasteiger partial charge is 0.271 e. The van der Waals surface area contributed by atoms with Gasteiger partial charge in [-0.2, -0.15) is 0 Å². The minimum absolute atomic E-state index is 0.0875. The van der Waals surface area contributed by atoms with Crippen molar-refractivity contribution >= 4 is 33.7 Å². The number of hydrogen-bond acceptors (Lipinski definition) is 5. The number of likely N-dealkylation sites (N-methyl/N-ethyl adjacent to an activating group) is 1. The number of non-ortho nitro benzene ring substituents is 1. The van der Waals surface area contributed by atoms with Gasteiger partial charge in [0.15, 0.2) is 0 Å². The minimum Gasteiger partial charge on any atom is -0.495 e. The van der Waals surface area contributed by atoms with E-state index >= 15 is 0 Å². The Balaban J connectivity index is 1.74. The third kappa shape index (κ3) is 4.14. The standard InChI is InChI=1S/C20H19N3O4/c1-22(16-8-7-14-5-3-4-6-15(14)11-16)13-20(24)21-18-12-17(23(25)26)9-10-19(18)27-2/h3-12H,13H2,1-2H3,(H,21,24). The van der Waals surface area contributed by atoms with Crippen LogP contribution < -0.4 is 15.0 Å². The summed E-state index contributed by atoms with van der Waals surface area (Å²) in [6, 6.07) is 18.0. The number of ether oxygens (including phenoxy) is 1. The van der Waals surface area contributed by atoms with Crippen molar-refractivity contribution in [3.63, 3.8) is 0 Å². The lowest BCUT2D eigenvalue weighted by Gasteiger charge is -2.20. The molecule has 0 saturated heterocycles. The van der Waals surface area contributed by atoms with E-state index in [1.165, 1.54) is 25.3 Å². The topological polar surface area (TPSA) is 84.7 Å². The number of anilines is 2. The van der Waals surface area contributed by atoms with Crippen LogP contribution in [0.1, 0.15) is 0 Å². The highest BCUT2D eigenvalue weighted by Crippen LogP contribution is 2.29. The Bertz CT molecular complexity index is 1000. The molecular weight excluding hydrogens is 346 g/mol. The zero-order valence-electron chi connectivity index (χ0n) is 15.0. The van der Waals surface area contributed by atoms with Crippen molar-refractivity contribution in [3.05, 3.63) is 70.8 Å². The van der Waals surface area contributed by atoms with Gasteiger partial charge in [-0.15, -0.1) is 0 Å². The molecule has 3 aromatic carbocycles. The Kier molecular flexibility index (Phi) is 5.21.